The van der Waals surface area contributed by atoms with Crippen LogP contribution in [0.15, 0.2) is 4.99 Å². The lowest BCUT2D eigenvalue weighted by atomic mass is 10.1. The SMILES string of the molecule is Cl.O=C1N=C2CNCC2C(=O)N1. The third kappa shape index (κ3) is 1.33. The zero-order chi connectivity index (χ0) is 7.84. The minimum atomic E-state index is -0.537. The van der Waals surface area contributed by atoms with Crippen LogP contribution in [0.5, 0.6) is 0 Å². The lowest BCUT2D eigenvalue weighted by Crippen LogP contribution is -2.42. The second kappa shape index (κ2) is 3.20. The molecule has 0 aliphatic carbocycles. The number of hydrogen-bond acceptors (Lipinski definition) is 3. The van der Waals surface area contributed by atoms with E-state index in [-0.39, 0.29) is 24.2 Å². The summed E-state index contributed by atoms with van der Waals surface area (Å²) in [5.74, 6) is -0.447. The molecule has 1 fully saturated rings. The van der Waals surface area contributed by atoms with Crippen molar-refractivity contribution in [2.75, 3.05) is 13.1 Å². The minimum absolute atomic E-state index is 0. The molecule has 3 amide bonds. The highest BCUT2D eigenvalue weighted by Crippen LogP contribution is 2.09. The van der Waals surface area contributed by atoms with Gasteiger partial charge in [0.2, 0.25) is 5.91 Å². The molecule has 1 unspecified atom stereocenters. The number of rotatable bonds is 0. The number of nitrogens with one attached hydrogen (secondary N) is 2. The smallest absolute Gasteiger partial charge is 0.310 e. The molecule has 1 saturated heterocycles. The van der Waals surface area contributed by atoms with Gasteiger partial charge in [-0.15, -0.1) is 12.4 Å². The highest BCUT2D eigenvalue weighted by Gasteiger charge is 2.33. The van der Waals surface area contributed by atoms with Crippen LogP contribution in [-0.4, -0.2) is 30.7 Å². The number of aliphatic imine (C=N–C) groups is 1. The Labute approximate surface area is 75.0 Å². The van der Waals surface area contributed by atoms with Crippen molar-refractivity contribution < 1.29 is 9.59 Å². The van der Waals surface area contributed by atoms with E-state index in [1.54, 1.807) is 0 Å². The number of amides is 3. The summed E-state index contributed by atoms with van der Waals surface area (Å²) in [4.78, 5) is 25.4. The average molecular weight is 190 g/mol. The molecule has 2 aliphatic heterocycles. The Morgan fingerprint density at radius 1 is 1.42 bits per heavy atom. The van der Waals surface area contributed by atoms with E-state index in [0.717, 1.165) is 0 Å². The van der Waals surface area contributed by atoms with E-state index >= 15 is 0 Å². The quantitative estimate of drug-likeness (QED) is 0.531. The van der Waals surface area contributed by atoms with Crippen LogP contribution < -0.4 is 10.6 Å². The first-order valence-corrected chi connectivity index (χ1v) is 3.40. The fourth-order valence-corrected chi connectivity index (χ4v) is 1.30. The van der Waals surface area contributed by atoms with E-state index in [1.807, 2.05) is 0 Å². The van der Waals surface area contributed by atoms with Gasteiger partial charge in [-0.3, -0.25) is 10.1 Å². The Kier molecular flexibility index (Phi) is 2.44. The molecular weight excluding hydrogens is 182 g/mol. The molecule has 2 aliphatic rings. The largest absolute Gasteiger partial charge is 0.347 e. The molecule has 66 valence electrons. The molecule has 12 heavy (non-hydrogen) atoms. The van der Waals surface area contributed by atoms with Gasteiger partial charge in [-0.1, -0.05) is 0 Å². The summed E-state index contributed by atoms with van der Waals surface area (Å²) in [6, 6.07) is -0.537. The fraction of sp³-hybridized carbons (Fsp3) is 0.500. The molecule has 0 aromatic heterocycles. The van der Waals surface area contributed by atoms with Crippen molar-refractivity contribution in [1.82, 2.24) is 10.6 Å². The summed E-state index contributed by atoms with van der Waals surface area (Å²) in [5.41, 5.74) is 0.666. The molecule has 1 atom stereocenters. The van der Waals surface area contributed by atoms with Crippen molar-refractivity contribution in [1.29, 1.82) is 0 Å². The number of hydrogen-bond donors (Lipinski definition) is 2. The molecule has 0 aromatic rings. The predicted molar refractivity (Wildman–Crippen MR) is 44.6 cm³/mol. The summed E-state index contributed by atoms with van der Waals surface area (Å²) in [6.45, 7) is 1.15. The number of imide groups is 1. The van der Waals surface area contributed by atoms with Crippen LogP contribution in [0.3, 0.4) is 0 Å². The van der Waals surface area contributed by atoms with Crippen molar-refractivity contribution in [2.24, 2.45) is 10.9 Å². The normalized spacial score (nSPS) is 27.0. The van der Waals surface area contributed by atoms with Crippen molar-refractivity contribution >= 4 is 30.1 Å². The molecule has 6 heteroatoms. The van der Waals surface area contributed by atoms with Gasteiger partial charge < -0.3 is 5.32 Å². The standard InChI is InChI=1S/C6H7N3O2.ClH/c10-5-3-1-7-2-4(3)8-6(11)9-5;/h3,7H,1-2H2,(H,9,10,11);1H. The van der Waals surface area contributed by atoms with Gasteiger partial charge in [-0.25, -0.2) is 9.79 Å². The van der Waals surface area contributed by atoms with Gasteiger partial charge in [0, 0.05) is 13.1 Å². The van der Waals surface area contributed by atoms with Crippen LogP contribution in [0.1, 0.15) is 0 Å². The van der Waals surface area contributed by atoms with Crippen LogP contribution in [0.2, 0.25) is 0 Å². The van der Waals surface area contributed by atoms with Gasteiger partial charge >= 0.3 is 6.03 Å². The predicted octanol–water partition coefficient (Wildman–Crippen LogP) is -0.682. The topological polar surface area (TPSA) is 70.6 Å². The van der Waals surface area contributed by atoms with Crippen molar-refractivity contribution in [2.45, 2.75) is 0 Å². The zero-order valence-electron chi connectivity index (χ0n) is 6.16. The van der Waals surface area contributed by atoms with Crippen molar-refractivity contribution in [3.05, 3.63) is 0 Å². The number of nitrogens with zero attached hydrogens (tertiary/aromatic N) is 1. The first-order chi connectivity index (χ1) is 5.27. The fourth-order valence-electron chi connectivity index (χ4n) is 1.30. The number of halogens is 1. The van der Waals surface area contributed by atoms with E-state index in [0.29, 0.717) is 18.8 Å². The third-order valence-corrected chi connectivity index (χ3v) is 1.85. The Morgan fingerprint density at radius 3 is 2.92 bits per heavy atom. The van der Waals surface area contributed by atoms with Crippen LogP contribution in [0, 0.1) is 5.92 Å². The molecule has 0 radical (unpaired) electrons. The summed E-state index contributed by atoms with van der Waals surface area (Å²) < 4.78 is 0. The molecular formula is C6H8ClN3O2. The highest BCUT2D eigenvalue weighted by molar-refractivity contribution is 6.18. The zero-order valence-corrected chi connectivity index (χ0v) is 6.98. The second-order valence-corrected chi connectivity index (χ2v) is 2.58. The first-order valence-electron chi connectivity index (χ1n) is 3.40. The van der Waals surface area contributed by atoms with Crippen molar-refractivity contribution in [3.8, 4) is 0 Å². The maximum Gasteiger partial charge on any atom is 0.347 e. The van der Waals surface area contributed by atoms with Gasteiger partial charge in [-0.2, -0.15) is 0 Å². The van der Waals surface area contributed by atoms with E-state index in [4.69, 9.17) is 0 Å². The third-order valence-electron chi connectivity index (χ3n) is 1.85. The van der Waals surface area contributed by atoms with Crippen LogP contribution in [0.4, 0.5) is 4.79 Å². The van der Waals surface area contributed by atoms with Gasteiger partial charge in [0.1, 0.15) is 0 Å². The highest BCUT2D eigenvalue weighted by atomic mass is 35.5. The Morgan fingerprint density at radius 2 is 2.17 bits per heavy atom. The number of carbonyl (C=O) groups excluding carboxylic acids is 2. The second-order valence-electron chi connectivity index (χ2n) is 2.58. The summed E-state index contributed by atoms with van der Waals surface area (Å²) in [6.07, 6.45) is 0. The van der Waals surface area contributed by atoms with E-state index in [9.17, 15) is 9.59 Å². The maximum absolute atomic E-state index is 11.0. The lowest BCUT2D eigenvalue weighted by Gasteiger charge is -2.13. The molecule has 2 heterocycles. The molecule has 0 spiro atoms. The molecule has 5 nitrogen and oxygen atoms in total. The van der Waals surface area contributed by atoms with Crippen LogP contribution >= 0.6 is 12.4 Å². The van der Waals surface area contributed by atoms with E-state index < -0.39 is 6.03 Å². The lowest BCUT2D eigenvalue weighted by molar-refractivity contribution is -0.121. The minimum Gasteiger partial charge on any atom is -0.310 e. The maximum atomic E-state index is 11.0. The van der Waals surface area contributed by atoms with Gasteiger partial charge in [0.25, 0.3) is 0 Å². The summed E-state index contributed by atoms with van der Waals surface area (Å²) >= 11 is 0. The molecule has 0 bridgehead atoms. The van der Waals surface area contributed by atoms with Gasteiger partial charge in [-0.05, 0) is 0 Å². The van der Waals surface area contributed by atoms with Crippen LogP contribution in [0.25, 0.3) is 0 Å². The Bertz CT molecular complexity index is 264. The van der Waals surface area contributed by atoms with Gasteiger partial charge in [0.15, 0.2) is 0 Å². The molecule has 2 N–H and O–H groups in total. The van der Waals surface area contributed by atoms with Crippen molar-refractivity contribution in [3.63, 3.8) is 0 Å². The number of urea groups is 1. The summed E-state index contributed by atoms with van der Waals surface area (Å²) in [7, 11) is 0. The first kappa shape index (κ1) is 9.15. The number of carbonyl (C=O) groups is 2. The molecule has 0 saturated carbocycles. The average Bonchev–Trinajstić information content (AvgIpc) is 2.34. The van der Waals surface area contributed by atoms with E-state index in [1.165, 1.54) is 0 Å². The Balaban J connectivity index is 0.000000720. The monoisotopic (exact) mass is 189 g/mol. The molecule has 0 aromatic carbocycles. The molecule has 2 rings (SSSR count). The number of fused-ring (bicyclic) bond motifs is 1. The van der Waals surface area contributed by atoms with Gasteiger partial charge in [0.05, 0.1) is 11.6 Å². The Hall–Kier alpha value is -0.940. The summed E-state index contributed by atoms with van der Waals surface area (Å²) in [5, 5.41) is 5.12. The van der Waals surface area contributed by atoms with Crippen LogP contribution in [-0.2, 0) is 4.79 Å². The van der Waals surface area contributed by atoms with E-state index in [2.05, 4.69) is 15.6 Å².